The smallest absolute Gasteiger partial charge is 0.416 e. The van der Waals surface area contributed by atoms with E-state index in [4.69, 9.17) is 4.74 Å². The monoisotopic (exact) mass is 530 g/mol. The zero-order chi connectivity index (χ0) is 27.1. The van der Waals surface area contributed by atoms with Gasteiger partial charge in [0.25, 0.3) is 0 Å². The number of nitrogens with one attached hydrogen (secondary N) is 2. The maximum atomic E-state index is 12.7. The summed E-state index contributed by atoms with van der Waals surface area (Å²) in [6, 6.07) is 20.1. The molecule has 0 atom stereocenters. The molecule has 3 aromatic rings. The van der Waals surface area contributed by atoms with Gasteiger partial charge in [-0.3, -0.25) is 4.79 Å². The molecule has 5 nitrogen and oxygen atoms in total. The van der Waals surface area contributed by atoms with E-state index in [-0.39, 0.29) is 18.9 Å². The second-order valence-corrected chi connectivity index (χ2v) is 10.5. The fraction of sp³-hybridized carbons (Fsp3) is 0.286. The SMILES string of the molecule is CC(C)(C)OC(=O)NCc1cccc(Sc2ccc(CC(=O)NCc3ccc(C(F)(F)F)cc3)cc2)c1. The van der Waals surface area contributed by atoms with Crippen LogP contribution in [0.5, 0.6) is 0 Å². The van der Waals surface area contributed by atoms with Crippen LogP contribution in [0.3, 0.4) is 0 Å². The van der Waals surface area contributed by atoms with Crippen molar-refractivity contribution in [2.24, 2.45) is 0 Å². The van der Waals surface area contributed by atoms with Crippen molar-refractivity contribution in [3.63, 3.8) is 0 Å². The Hall–Kier alpha value is -3.46. The summed E-state index contributed by atoms with van der Waals surface area (Å²) in [4.78, 5) is 26.1. The Balaban J connectivity index is 1.47. The van der Waals surface area contributed by atoms with Crippen LogP contribution in [0.25, 0.3) is 0 Å². The Morgan fingerprint density at radius 1 is 0.784 bits per heavy atom. The standard InChI is InChI=1S/C28H29F3N2O3S/c1-27(2,3)36-26(35)33-18-21-5-4-6-24(15-21)37-23-13-9-19(10-14-23)16-25(34)32-17-20-7-11-22(12-8-20)28(29,30)31/h4-15H,16-18H2,1-3H3,(H,32,34)(H,33,35). The highest BCUT2D eigenvalue weighted by Gasteiger charge is 2.29. The molecule has 0 radical (unpaired) electrons. The van der Waals surface area contributed by atoms with Gasteiger partial charge in [0.05, 0.1) is 12.0 Å². The Morgan fingerprint density at radius 2 is 1.41 bits per heavy atom. The van der Waals surface area contributed by atoms with Gasteiger partial charge in [-0.2, -0.15) is 13.2 Å². The van der Waals surface area contributed by atoms with Crippen molar-refractivity contribution in [2.75, 3.05) is 0 Å². The molecule has 37 heavy (non-hydrogen) atoms. The van der Waals surface area contributed by atoms with Crippen molar-refractivity contribution in [3.05, 3.63) is 95.1 Å². The number of alkyl halides is 3. The van der Waals surface area contributed by atoms with Gasteiger partial charge in [-0.15, -0.1) is 0 Å². The summed E-state index contributed by atoms with van der Waals surface area (Å²) in [5.41, 5.74) is 1.09. The molecule has 0 spiro atoms. The minimum absolute atomic E-state index is 0.157. The molecule has 9 heteroatoms. The van der Waals surface area contributed by atoms with Crippen LogP contribution in [-0.4, -0.2) is 17.6 Å². The van der Waals surface area contributed by atoms with Gasteiger partial charge in [0.1, 0.15) is 5.60 Å². The zero-order valence-corrected chi connectivity index (χ0v) is 21.6. The van der Waals surface area contributed by atoms with E-state index in [1.807, 2.05) is 69.3 Å². The summed E-state index contributed by atoms with van der Waals surface area (Å²) in [6.45, 7) is 5.94. The molecule has 0 aliphatic heterocycles. The van der Waals surface area contributed by atoms with Gasteiger partial charge in [-0.25, -0.2) is 4.79 Å². The van der Waals surface area contributed by atoms with E-state index in [1.165, 1.54) is 12.1 Å². The first-order valence-corrected chi connectivity index (χ1v) is 12.4. The highest BCUT2D eigenvalue weighted by molar-refractivity contribution is 7.99. The third-order valence-corrected chi connectivity index (χ3v) is 6.03. The molecule has 0 saturated heterocycles. The molecular weight excluding hydrogens is 501 g/mol. The van der Waals surface area contributed by atoms with Gasteiger partial charge in [0, 0.05) is 22.9 Å². The molecular formula is C28H29F3N2O3S. The van der Waals surface area contributed by atoms with Gasteiger partial charge in [0.2, 0.25) is 5.91 Å². The number of benzene rings is 3. The fourth-order valence-corrected chi connectivity index (χ4v) is 4.18. The van der Waals surface area contributed by atoms with Crippen LogP contribution >= 0.6 is 11.8 Å². The molecule has 0 fully saturated rings. The summed E-state index contributed by atoms with van der Waals surface area (Å²) in [5, 5.41) is 5.48. The molecule has 0 bridgehead atoms. The summed E-state index contributed by atoms with van der Waals surface area (Å²) < 4.78 is 43.2. The predicted octanol–water partition coefficient (Wildman–Crippen LogP) is 6.74. The Morgan fingerprint density at radius 3 is 2.03 bits per heavy atom. The number of alkyl carbamates (subject to hydrolysis) is 1. The molecule has 2 N–H and O–H groups in total. The fourth-order valence-electron chi connectivity index (χ4n) is 3.28. The quantitative estimate of drug-likeness (QED) is 0.339. The largest absolute Gasteiger partial charge is 0.444 e. The normalized spacial score (nSPS) is 11.6. The lowest BCUT2D eigenvalue weighted by Crippen LogP contribution is -2.32. The summed E-state index contributed by atoms with van der Waals surface area (Å²) >= 11 is 1.56. The molecule has 2 amide bonds. The number of amides is 2. The van der Waals surface area contributed by atoms with Gasteiger partial charge < -0.3 is 15.4 Å². The molecule has 0 aliphatic rings. The van der Waals surface area contributed by atoms with Gasteiger partial charge in [-0.1, -0.05) is 48.2 Å². The van der Waals surface area contributed by atoms with Gasteiger partial charge in [0.15, 0.2) is 0 Å². The molecule has 0 aliphatic carbocycles. The van der Waals surface area contributed by atoms with Crippen molar-refractivity contribution >= 4 is 23.8 Å². The van der Waals surface area contributed by atoms with Crippen molar-refractivity contribution < 1.29 is 27.5 Å². The van der Waals surface area contributed by atoms with E-state index in [2.05, 4.69) is 10.6 Å². The Bertz CT molecular complexity index is 1210. The molecule has 196 valence electrons. The first-order chi connectivity index (χ1) is 17.4. The molecule has 0 unspecified atom stereocenters. The van der Waals surface area contributed by atoms with Crippen molar-refractivity contribution in [2.45, 2.75) is 61.8 Å². The van der Waals surface area contributed by atoms with Crippen LogP contribution < -0.4 is 10.6 Å². The molecule has 3 aromatic carbocycles. The zero-order valence-electron chi connectivity index (χ0n) is 20.8. The maximum absolute atomic E-state index is 12.7. The molecule has 3 rings (SSSR count). The van der Waals surface area contributed by atoms with Crippen LogP contribution in [-0.2, 0) is 35.2 Å². The van der Waals surface area contributed by atoms with Crippen LogP contribution in [0.2, 0.25) is 0 Å². The number of halogens is 3. The maximum Gasteiger partial charge on any atom is 0.416 e. The van der Waals surface area contributed by atoms with E-state index in [1.54, 1.807) is 11.8 Å². The number of carbonyl (C=O) groups excluding carboxylic acids is 2. The van der Waals surface area contributed by atoms with E-state index < -0.39 is 23.4 Å². The van der Waals surface area contributed by atoms with E-state index in [0.717, 1.165) is 33.1 Å². The van der Waals surface area contributed by atoms with Crippen molar-refractivity contribution in [1.29, 1.82) is 0 Å². The first-order valence-electron chi connectivity index (χ1n) is 11.6. The number of hydrogen-bond acceptors (Lipinski definition) is 4. The van der Waals surface area contributed by atoms with E-state index >= 15 is 0 Å². The van der Waals surface area contributed by atoms with Crippen molar-refractivity contribution in [3.8, 4) is 0 Å². The minimum atomic E-state index is -4.38. The van der Waals surface area contributed by atoms with Gasteiger partial charge in [-0.05, 0) is 73.9 Å². The predicted molar refractivity (Wildman–Crippen MR) is 137 cm³/mol. The van der Waals surface area contributed by atoms with Crippen LogP contribution in [0.1, 0.15) is 43.0 Å². The van der Waals surface area contributed by atoms with Crippen LogP contribution in [0.4, 0.5) is 18.0 Å². The van der Waals surface area contributed by atoms with E-state index in [9.17, 15) is 22.8 Å². The highest BCUT2D eigenvalue weighted by atomic mass is 32.2. The second kappa shape index (κ2) is 12.2. The average molecular weight is 531 g/mol. The Kier molecular flexibility index (Phi) is 9.26. The third-order valence-electron chi connectivity index (χ3n) is 5.03. The lowest BCUT2D eigenvalue weighted by atomic mass is 10.1. The van der Waals surface area contributed by atoms with Gasteiger partial charge >= 0.3 is 12.3 Å². The second-order valence-electron chi connectivity index (χ2n) is 9.40. The summed E-state index contributed by atoms with van der Waals surface area (Å²) in [6.07, 6.45) is -4.68. The highest BCUT2D eigenvalue weighted by Crippen LogP contribution is 2.30. The molecule has 0 aromatic heterocycles. The number of rotatable bonds is 8. The van der Waals surface area contributed by atoms with E-state index in [0.29, 0.717) is 12.1 Å². The Labute approximate surface area is 218 Å². The molecule has 0 heterocycles. The number of hydrogen-bond donors (Lipinski definition) is 2. The first kappa shape index (κ1) is 28.1. The van der Waals surface area contributed by atoms with Crippen molar-refractivity contribution in [1.82, 2.24) is 10.6 Å². The van der Waals surface area contributed by atoms with Crippen LogP contribution in [0.15, 0.2) is 82.6 Å². The lowest BCUT2D eigenvalue weighted by Gasteiger charge is -2.19. The minimum Gasteiger partial charge on any atom is -0.444 e. The molecule has 0 saturated carbocycles. The third kappa shape index (κ3) is 9.84. The topological polar surface area (TPSA) is 67.4 Å². The summed E-state index contributed by atoms with van der Waals surface area (Å²) in [7, 11) is 0. The van der Waals surface area contributed by atoms with Crippen LogP contribution in [0, 0.1) is 0 Å². The number of carbonyl (C=O) groups is 2. The average Bonchev–Trinajstić information content (AvgIpc) is 2.82. The number of ether oxygens (including phenoxy) is 1. The summed E-state index contributed by atoms with van der Waals surface area (Å²) in [5.74, 6) is -0.217. The lowest BCUT2D eigenvalue weighted by molar-refractivity contribution is -0.137.